The second-order valence-corrected chi connectivity index (χ2v) is 10.6. The van der Waals surface area contributed by atoms with Gasteiger partial charge in [-0.15, -0.1) is 0 Å². The van der Waals surface area contributed by atoms with E-state index in [9.17, 15) is 9.59 Å². The Hall–Kier alpha value is -3.14. The van der Waals surface area contributed by atoms with Crippen molar-refractivity contribution in [2.24, 2.45) is 0 Å². The first kappa shape index (κ1) is 24.0. The van der Waals surface area contributed by atoms with Crippen LogP contribution in [-0.4, -0.2) is 25.7 Å². The van der Waals surface area contributed by atoms with Crippen LogP contribution in [-0.2, 0) is 20.4 Å². The Bertz CT molecular complexity index is 1090. The van der Waals surface area contributed by atoms with Gasteiger partial charge in [-0.05, 0) is 36.1 Å². The molecule has 0 unspecified atom stereocenters. The highest BCUT2D eigenvalue weighted by atomic mass is 16.1. The molecule has 2 aromatic rings. The molecule has 4 nitrogen and oxygen atoms in total. The maximum absolute atomic E-state index is 12.8. The molecule has 0 saturated heterocycles. The van der Waals surface area contributed by atoms with Crippen LogP contribution in [0.15, 0.2) is 72.1 Å². The van der Waals surface area contributed by atoms with E-state index in [1.54, 1.807) is 12.2 Å². The largest absolute Gasteiger partial charge is 0.347 e. The van der Waals surface area contributed by atoms with E-state index < -0.39 is 0 Å². The zero-order chi connectivity index (χ0) is 24.7. The standard InChI is InChI=1S/C30H36N2O2/c1-29(2)23-15-9-11-17-25(23)31(5)27(29)19-21(33)13-7-8-14-22(34)20-28-30(3,4)24-16-10-12-18-26(24)32(28)6/h9-12,15-20H,7-8,13-14H2,1-6H3/b27-19-,28-20+. The van der Waals surface area contributed by atoms with E-state index in [2.05, 4.69) is 73.9 Å². The average Bonchev–Trinajstić information content (AvgIpc) is 3.12. The highest BCUT2D eigenvalue weighted by Gasteiger charge is 2.39. The van der Waals surface area contributed by atoms with Gasteiger partial charge in [0.15, 0.2) is 11.6 Å². The molecule has 0 aromatic heterocycles. The Kier molecular flexibility index (Phi) is 6.28. The summed E-state index contributed by atoms with van der Waals surface area (Å²) in [6.07, 6.45) is 5.96. The fourth-order valence-corrected chi connectivity index (χ4v) is 5.57. The minimum Gasteiger partial charge on any atom is -0.347 e. The summed E-state index contributed by atoms with van der Waals surface area (Å²) >= 11 is 0. The van der Waals surface area contributed by atoms with Crippen molar-refractivity contribution in [2.75, 3.05) is 23.9 Å². The Morgan fingerprint density at radius 2 is 1.03 bits per heavy atom. The molecule has 0 saturated carbocycles. The molecule has 0 bridgehead atoms. The summed E-state index contributed by atoms with van der Waals surface area (Å²) in [4.78, 5) is 29.8. The predicted molar refractivity (Wildman–Crippen MR) is 140 cm³/mol. The number of rotatable bonds is 7. The van der Waals surface area contributed by atoms with Crippen LogP contribution in [0.4, 0.5) is 11.4 Å². The Morgan fingerprint density at radius 1 is 0.676 bits per heavy atom. The second kappa shape index (κ2) is 8.90. The van der Waals surface area contributed by atoms with Gasteiger partial charge in [-0.25, -0.2) is 0 Å². The van der Waals surface area contributed by atoms with Crippen molar-refractivity contribution in [1.29, 1.82) is 0 Å². The molecule has 0 fully saturated rings. The van der Waals surface area contributed by atoms with Crippen LogP contribution >= 0.6 is 0 Å². The van der Waals surface area contributed by atoms with Crippen molar-refractivity contribution in [3.63, 3.8) is 0 Å². The molecular weight excluding hydrogens is 420 g/mol. The minimum absolute atomic E-state index is 0.126. The van der Waals surface area contributed by atoms with E-state index >= 15 is 0 Å². The zero-order valence-electron chi connectivity index (χ0n) is 21.3. The van der Waals surface area contributed by atoms with E-state index in [4.69, 9.17) is 0 Å². The number of unbranched alkanes of at least 4 members (excludes halogenated alkanes) is 1. The molecular formula is C30H36N2O2. The molecule has 0 amide bonds. The Balaban J connectivity index is 1.33. The van der Waals surface area contributed by atoms with Gasteiger partial charge in [0, 0.05) is 72.7 Å². The van der Waals surface area contributed by atoms with Crippen molar-refractivity contribution in [3.05, 3.63) is 83.2 Å². The lowest BCUT2D eigenvalue weighted by Crippen LogP contribution is -2.24. The van der Waals surface area contributed by atoms with Gasteiger partial charge in [-0.3, -0.25) is 9.59 Å². The normalized spacial score (nSPS) is 20.1. The van der Waals surface area contributed by atoms with E-state index in [0.29, 0.717) is 25.7 Å². The monoisotopic (exact) mass is 456 g/mol. The van der Waals surface area contributed by atoms with E-state index in [1.807, 2.05) is 26.2 Å². The third-order valence-corrected chi connectivity index (χ3v) is 7.57. The minimum atomic E-state index is -0.194. The summed E-state index contributed by atoms with van der Waals surface area (Å²) < 4.78 is 0. The van der Waals surface area contributed by atoms with Crippen LogP contribution in [0.3, 0.4) is 0 Å². The molecule has 2 aliphatic rings. The first-order valence-corrected chi connectivity index (χ1v) is 12.2. The van der Waals surface area contributed by atoms with Gasteiger partial charge < -0.3 is 9.80 Å². The first-order valence-electron chi connectivity index (χ1n) is 12.2. The first-order chi connectivity index (χ1) is 16.0. The van der Waals surface area contributed by atoms with Crippen molar-refractivity contribution >= 4 is 22.9 Å². The van der Waals surface area contributed by atoms with Gasteiger partial charge >= 0.3 is 0 Å². The number of ketones is 2. The average molecular weight is 457 g/mol. The van der Waals surface area contributed by atoms with Crippen molar-refractivity contribution in [1.82, 2.24) is 0 Å². The molecule has 0 aliphatic carbocycles. The smallest absolute Gasteiger partial charge is 0.157 e. The summed E-state index contributed by atoms with van der Waals surface area (Å²) in [5, 5.41) is 0. The molecule has 2 aliphatic heterocycles. The van der Waals surface area contributed by atoms with Crippen LogP contribution in [0.25, 0.3) is 0 Å². The quantitative estimate of drug-likeness (QED) is 0.362. The fourth-order valence-electron chi connectivity index (χ4n) is 5.57. The number of anilines is 2. The highest BCUT2D eigenvalue weighted by Crippen LogP contribution is 2.47. The van der Waals surface area contributed by atoms with Gasteiger partial charge in [0.1, 0.15) is 0 Å². The topological polar surface area (TPSA) is 40.6 Å². The van der Waals surface area contributed by atoms with Crippen LogP contribution in [0.1, 0.15) is 64.5 Å². The molecule has 0 atom stereocenters. The lowest BCUT2D eigenvalue weighted by molar-refractivity contribution is -0.116. The lowest BCUT2D eigenvalue weighted by atomic mass is 9.83. The van der Waals surface area contributed by atoms with Crippen LogP contribution in [0.2, 0.25) is 0 Å². The highest BCUT2D eigenvalue weighted by molar-refractivity contribution is 5.93. The van der Waals surface area contributed by atoms with Crippen LogP contribution in [0, 0.1) is 0 Å². The summed E-state index contributed by atoms with van der Waals surface area (Å²) in [5.74, 6) is 0.251. The molecule has 2 heterocycles. The van der Waals surface area contributed by atoms with E-state index in [1.165, 1.54) is 11.1 Å². The third-order valence-electron chi connectivity index (χ3n) is 7.57. The second-order valence-electron chi connectivity index (χ2n) is 10.6. The van der Waals surface area contributed by atoms with E-state index in [0.717, 1.165) is 22.8 Å². The van der Waals surface area contributed by atoms with E-state index in [-0.39, 0.29) is 22.4 Å². The number of fused-ring (bicyclic) bond motifs is 2. The third kappa shape index (κ3) is 4.11. The summed E-state index contributed by atoms with van der Waals surface area (Å²) in [5.41, 5.74) is 6.49. The van der Waals surface area contributed by atoms with Gasteiger partial charge in [0.2, 0.25) is 0 Å². The van der Waals surface area contributed by atoms with Gasteiger partial charge in [0.05, 0.1) is 0 Å². The molecule has 34 heavy (non-hydrogen) atoms. The Morgan fingerprint density at radius 3 is 1.38 bits per heavy atom. The number of para-hydroxylation sites is 2. The summed E-state index contributed by atoms with van der Waals surface area (Å²) in [7, 11) is 4.05. The molecule has 0 radical (unpaired) electrons. The molecule has 4 rings (SSSR count). The zero-order valence-corrected chi connectivity index (χ0v) is 21.3. The number of allylic oxidation sites excluding steroid dienone is 4. The molecule has 2 aromatic carbocycles. The Labute approximate surface area is 204 Å². The van der Waals surface area contributed by atoms with Gasteiger partial charge in [-0.1, -0.05) is 64.1 Å². The van der Waals surface area contributed by atoms with Crippen molar-refractivity contribution < 1.29 is 9.59 Å². The SMILES string of the molecule is CN1/C(=C\C(=O)CCCCC(=O)/C=C2/N(C)c3ccccc3C2(C)C)C(C)(C)c2ccccc21. The maximum Gasteiger partial charge on any atom is 0.157 e. The van der Waals surface area contributed by atoms with Crippen molar-refractivity contribution in [3.8, 4) is 0 Å². The summed E-state index contributed by atoms with van der Waals surface area (Å²) in [6.45, 7) is 8.67. The van der Waals surface area contributed by atoms with Crippen LogP contribution < -0.4 is 9.80 Å². The van der Waals surface area contributed by atoms with Gasteiger partial charge in [0.25, 0.3) is 0 Å². The number of carbonyl (C=O) groups excluding carboxylic acids is 2. The molecule has 178 valence electrons. The number of hydrogen-bond acceptors (Lipinski definition) is 4. The number of benzene rings is 2. The number of hydrogen-bond donors (Lipinski definition) is 0. The number of nitrogens with zero attached hydrogens (tertiary/aromatic N) is 2. The predicted octanol–water partition coefficient (Wildman–Crippen LogP) is 6.31. The summed E-state index contributed by atoms with van der Waals surface area (Å²) in [6, 6.07) is 16.6. The van der Waals surface area contributed by atoms with Gasteiger partial charge in [-0.2, -0.15) is 0 Å². The van der Waals surface area contributed by atoms with Crippen LogP contribution in [0.5, 0.6) is 0 Å². The fraction of sp³-hybridized carbons (Fsp3) is 0.400. The number of likely N-dealkylation sites (N-methyl/N-ethyl adjacent to an activating group) is 2. The molecule has 0 spiro atoms. The number of carbonyl (C=O) groups is 2. The molecule has 4 heteroatoms. The molecule has 0 N–H and O–H groups in total. The lowest BCUT2D eigenvalue weighted by Gasteiger charge is -2.24. The maximum atomic E-state index is 12.8. The van der Waals surface area contributed by atoms with Crippen molar-refractivity contribution in [2.45, 2.75) is 64.2 Å².